The van der Waals surface area contributed by atoms with Crippen LogP contribution in [0.2, 0.25) is 10.0 Å². The Kier molecular flexibility index (Phi) is 12.6. The predicted octanol–water partition coefficient (Wildman–Crippen LogP) is -2.75. The summed E-state index contributed by atoms with van der Waals surface area (Å²) in [4.78, 5) is 23.5. The zero-order valence-electron chi connectivity index (χ0n) is 22.9. The van der Waals surface area contributed by atoms with Crippen LogP contribution < -0.4 is 74.0 Å². The van der Waals surface area contributed by atoms with Crippen LogP contribution in [-0.4, -0.2) is 45.0 Å². The Morgan fingerprint density at radius 2 is 1.63 bits per heavy atom. The number of anilines is 2. The minimum atomic E-state index is -4.93. The van der Waals surface area contributed by atoms with Crippen LogP contribution in [0.1, 0.15) is 22.8 Å². The molecule has 1 aliphatic rings. The Labute approximate surface area is 300 Å². The number of nitrogens with one attached hydrogen (secondary N) is 1. The van der Waals surface area contributed by atoms with E-state index in [0.29, 0.717) is 5.56 Å². The minimum Gasteiger partial charge on any atom is -0.744 e. The van der Waals surface area contributed by atoms with E-state index in [1.165, 1.54) is 56.3 Å². The van der Waals surface area contributed by atoms with Crippen LogP contribution in [0.3, 0.4) is 0 Å². The Morgan fingerprint density at radius 1 is 0.977 bits per heavy atom. The summed E-state index contributed by atoms with van der Waals surface area (Å²) in [5.41, 5.74) is -0.103. The summed E-state index contributed by atoms with van der Waals surface area (Å²) in [6, 6.07) is 9.99. The molecule has 0 aromatic heterocycles. The molecule has 3 aromatic rings. The van der Waals surface area contributed by atoms with Gasteiger partial charge in [-0.1, -0.05) is 47.5 Å². The summed E-state index contributed by atoms with van der Waals surface area (Å²) in [5.74, 6) is -2.30. The number of azo groups is 1. The third-order valence-electron chi connectivity index (χ3n) is 5.74. The van der Waals surface area contributed by atoms with Crippen LogP contribution in [0.25, 0.3) is 0 Å². The fraction of sp³-hybridized carbons (Fsp3) is 0.125. The molecule has 13 nitrogen and oxygen atoms in total. The first-order valence-corrected chi connectivity index (χ1v) is 14.9. The van der Waals surface area contributed by atoms with Gasteiger partial charge in [0.1, 0.15) is 10.1 Å². The maximum atomic E-state index is 13.1. The number of halogens is 2. The third kappa shape index (κ3) is 8.23. The molecule has 1 amide bonds. The molecule has 19 heteroatoms. The zero-order chi connectivity index (χ0) is 30.3. The molecule has 0 radical (unpaired) electrons. The van der Waals surface area contributed by atoms with Gasteiger partial charge in [0.15, 0.2) is 6.04 Å². The topological polar surface area (TPSA) is 201 Å². The fourth-order valence-corrected chi connectivity index (χ4v) is 6.40. The van der Waals surface area contributed by atoms with E-state index in [1.807, 2.05) is 0 Å². The van der Waals surface area contributed by atoms with E-state index in [4.69, 9.17) is 23.2 Å². The van der Waals surface area contributed by atoms with Crippen molar-refractivity contribution in [2.45, 2.75) is 29.7 Å². The van der Waals surface area contributed by atoms with Crippen LogP contribution in [0.5, 0.6) is 0 Å². The number of hydrazone groups is 1. The normalized spacial score (nSPS) is 15.1. The monoisotopic (exact) mass is 683 g/mol. The number of rotatable bonds is 8. The first-order chi connectivity index (χ1) is 19.1. The SMILES string of the molecule is CC1=NN(c2cc(Cl)c(S(=O)(=O)[O-])cc2Cl)C(=O)C1N=Nc1ccc(C)c(S(=O)(=O)Nc2ccccc2C(=O)[O-])c1.[Na+].[Na+]. The van der Waals surface area contributed by atoms with Crippen molar-refractivity contribution >= 4 is 78.0 Å². The number of carbonyl (C=O) groups is 2. The molecule has 0 spiro atoms. The summed E-state index contributed by atoms with van der Waals surface area (Å²) >= 11 is 12.0. The Morgan fingerprint density at radius 3 is 2.26 bits per heavy atom. The van der Waals surface area contributed by atoms with Crippen LogP contribution in [0, 0.1) is 6.92 Å². The fourth-order valence-electron chi connectivity index (χ4n) is 3.75. The van der Waals surface area contributed by atoms with Crippen LogP contribution in [-0.2, 0) is 24.9 Å². The van der Waals surface area contributed by atoms with Crippen molar-refractivity contribution in [1.29, 1.82) is 0 Å². The van der Waals surface area contributed by atoms with E-state index >= 15 is 0 Å². The van der Waals surface area contributed by atoms with Gasteiger partial charge in [-0.3, -0.25) is 9.52 Å². The number of aryl methyl sites for hydroxylation is 1. The van der Waals surface area contributed by atoms with Crippen molar-refractivity contribution in [1.82, 2.24) is 0 Å². The second-order valence-electron chi connectivity index (χ2n) is 8.59. The summed E-state index contributed by atoms with van der Waals surface area (Å²) in [5, 5.41) is 23.5. The number of carbonyl (C=O) groups excluding carboxylic acids is 2. The van der Waals surface area contributed by atoms with Crippen molar-refractivity contribution < 1.29 is 95.2 Å². The number of amides is 1. The van der Waals surface area contributed by atoms with Gasteiger partial charge in [-0.05, 0) is 49.7 Å². The summed E-state index contributed by atoms with van der Waals surface area (Å²) in [6.45, 7) is 2.99. The van der Waals surface area contributed by atoms with Crippen LogP contribution in [0.4, 0.5) is 17.1 Å². The molecule has 1 heterocycles. The quantitative estimate of drug-likeness (QED) is 0.150. The first kappa shape index (κ1) is 37.3. The van der Waals surface area contributed by atoms with Gasteiger partial charge in [0.25, 0.3) is 15.9 Å². The molecule has 3 aromatic carbocycles. The van der Waals surface area contributed by atoms with Crippen molar-refractivity contribution in [3.8, 4) is 0 Å². The number of hydrogen-bond donors (Lipinski definition) is 1. The molecule has 0 saturated carbocycles. The number of sulfonamides is 1. The molecule has 214 valence electrons. The van der Waals surface area contributed by atoms with E-state index in [9.17, 15) is 36.1 Å². The van der Waals surface area contributed by atoms with Crippen LogP contribution >= 0.6 is 23.2 Å². The van der Waals surface area contributed by atoms with Gasteiger partial charge < -0.3 is 14.5 Å². The van der Waals surface area contributed by atoms with Gasteiger partial charge in [-0.15, -0.1) is 0 Å². The molecule has 0 aliphatic carbocycles. The summed E-state index contributed by atoms with van der Waals surface area (Å²) in [7, 11) is -9.21. The van der Waals surface area contributed by atoms with Gasteiger partial charge >= 0.3 is 59.1 Å². The van der Waals surface area contributed by atoms with Gasteiger partial charge in [0.05, 0.1) is 48.6 Å². The molecule has 1 aliphatic heterocycles. The number of carboxylic acids is 1. The molecule has 1 unspecified atom stereocenters. The van der Waals surface area contributed by atoms with E-state index < -0.39 is 48.0 Å². The first-order valence-electron chi connectivity index (χ1n) is 11.3. The smallest absolute Gasteiger partial charge is 0.744 e. The molecule has 4 rings (SSSR count). The van der Waals surface area contributed by atoms with Crippen LogP contribution in [0.15, 0.2) is 79.7 Å². The maximum absolute atomic E-state index is 13.1. The molecule has 0 fully saturated rings. The van der Waals surface area contributed by atoms with E-state index in [-0.39, 0.29) is 97.4 Å². The van der Waals surface area contributed by atoms with Crippen molar-refractivity contribution in [3.05, 3.63) is 75.8 Å². The minimum absolute atomic E-state index is 0. The van der Waals surface area contributed by atoms with Crippen molar-refractivity contribution in [2.75, 3.05) is 9.73 Å². The summed E-state index contributed by atoms with van der Waals surface area (Å²) < 4.78 is 62.5. The molecular weight excluding hydrogens is 667 g/mol. The van der Waals surface area contributed by atoms with Crippen molar-refractivity contribution in [3.63, 3.8) is 0 Å². The van der Waals surface area contributed by atoms with E-state index in [1.54, 1.807) is 0 Å². The molecule has 0 saturated heterocycles. The average Bonchev–Trinajstić information content (AvgIpc) is 3.16. The standard InChI is InChI=1S/C24H19Cl2N5O8S2.2Na/c1-12-7-8-14(9-20(12)40(35,36)30-18-6-4-3-5-15(18)24(33)34)27-28-22-13(2)29-31(23(22)32)19-10-17(26)21(11-16(19)25)41(37,38)39;;/h3-11,22,30H,1-2H3,(H,33,34)(H,37,38,39);;/q;2*+1/p-2. The van der Waals surface area contributed by atoms with E-state index in [2.05, 4.69) is 20.1 Å². The Hall–Kier alpha value is -1.89. The number of hydrogen-bond acceptors (Lipinski definition) is 11. The van der Waals surface area contributed by atoms with E-state index in [0.717, 1.165) is 17.1 Å². The summed E-state index contributed by atoms with van der Waals surface area (Å²) in [6.07, 6.45) is 0. The number of carboxylic acid groups (broad SMARTS) is 1. The van der Waals surface area contributed by atoms with Gasteiger partial charge in [-0.25, -0.2) is 16.8 Å². The van der Waals surface area contributed by atoms with Gasteiger partial charge in [0.2, 0.25) is 0 Å². The largest absolute Gasteiger partial charge is 1.00 e. The molecular formula is C24H17Cl2N5Na2O8S2. The number of benzene rings is 3. The number of para-hydroxylation sites is 1. The number of aromatic carboxylic acids is 1. The van der Waals surface area contributed by atoms with Crippen molar-refractivity contribution in [2.24, 2.45) is 15.3 Å². The zero-order valence-corrected chi connectivity index (χ0v) is 30.0. The molecule has 1 N–H and O–H groups in total. The predicted molar refractivity (Wildman–Crippen MR) is 146 cm³/mol. The second-order valence-corrected chi connectivity index (χ2v) is 12.4. The molecule has 0 bridgehead atoms. The average molecular weight is 684 g/mol. The third-order valence-corrected chi connectivity index (χ3v) is 8.85. The second kappa shape index (κ2) is 14.5. The maximum Gasteiger partial charge on any atom is 1.00 e. The molecule has 43 heavy (non-hydrogen) atoms. The Balaban J connectivity index is 0.00000323. The van der Waals surface area contributed by atoms with Gasteiger partial charge in [0, 0.05) is 5.56 Å². The molecule has 1 atom stereocenters. The Bertz CT molecular complexity index is 1890. The number of nitrogens with zero attached hydrogens (tertiary/aromatic N) is 4. The van der Waals surface area contributed by atoms with Gasteiger partial charge in [-0.2, -0.15) is 20.3 Å².